The number of nitrogens with zero attached hydrogens (tertiary/aromatic N) is 5. The van der Waals surface area contributed by atoms with Crippen molar-refractivity contribution in [3.63, 3.8) is 0 Å². The zero-order valence-electron chi connectivity index (χ0n) is 16.5. The summed E-state index contributed by atoms with van der Waals surface area (Å²) >= 11 is 3.10. The second-order valence-electron chi connectivity index (χ2n) is 7.00. The van der Waals surface area contributed by atoms with Crippen molar-refractivity contribution in [1.82, 2.24) is 19.5 Å². The number of hydrogen-bond acceptors (Lipinski definition) is 12. The number of nitrogen functional groups attached to an aromatic ring is 1. The molecule has 0 unspecified atom stereocenters. The first-order valence-corrected chi connectivity index (χ1v) is 10.1. The van der Waals surface area contributed by atoms with Crippen LogP contribution in [0.2, 0.25) is 0 Å². The number of ether oxygens (including phenoxy) is 1. The average molecular weight is 525 g/mol. The number of aliphatic hydroxyl groups excluding tert-OH is 3. The molecule has 0 saturated carbocycles. The van der Waals surface area contributed by atoms with E-state index in [-0.39, 0.29) is 28.7 Å². The minimum Gasteiger partial charge on any atom is -0.394 e. The number of nitrogens with two attached hydrogens (primary N) is 1. The fraction of sp³-hybridized carbons (Fsp3) is 0.294. The molecule has 2 aromatic heterocycles. The summed E-state index contributed by atoms with van der Waals surface area (Å²) in [5, 5.41) is 45.1. The highest BCUT2D eigenvalue weighted by Gasteiger charge is 2.45. The quantitative estimate of drug-likeness (QED) is 0.136. The van der Waals surface area contributed by atoms with Crippen molar-refractivity contribution >= 4 is 50.9 Å². The number of H-pyrrole nitrogens is 1. The first-order valence-electron chi connectivity index (χ1n) is 9.34. The van der Waals surface area contributed by atoms with Crippen LogP contribution < -0.4 is 16.7 Å². The number of aromatic amines is 1. The molecule has 7 N–H and O–H groups in total. The molecule has 0 spiro atoms. The van der Waals surface area contributed by atoms with E-state index in [0.29, 0.717) is 10.0 Å². The van der Waals surface area contributed by atoms with Gasteiger partial charge in [0, 0.05) is 11.6 Å². The van der Waals surface area contributed by atoms with Crippen LogP contribution in [0, 0.1) is 10.1 Å². The number of anilines is 2. The maximum atomic E-state index is 12.3. The lowest BCUT2D eigenvalue weighted by molar-refractivity contribution is -0.385. The van der Waals surface area contributed by atoms with Crippen molar-refractivity contribution < 1.29 is 25.0 Å². The molecule has 4 atom stereocenters. The smallest absolute Gasteiger partial charge is 0.284 e. The standard InChI is InChI=1S/C17H17BrN8O7/c18-7-2-1-6(3-8(7)26(31)32)4-20-24-17-21-10-13(22-16(19)23-14(10)30)25(17)15-12(29)11(28)9(5-27)33-15/h1-4,9,11-12,15,27-29H,5H2,(H,21,24)(H3,19,22,23,30)/b20-4+/t9-,11+,12-,15+/m0/s1. The van der Waals surface area contributed by atoms with Gasteiger partial charge in [0.2, 0.25) is 11.9 Å². The Bertz CT molecular complexity index is 1310. The third-order valence-corrected chi connectivity index (χ3v) is 5.56. The van der Waals surface area contributed by atoms with Crippen LogP contribution in [0.4, 0.5) is 17.6 Å². The first kappa shape index (κ1) is 22.7. The summed E-state index contributed by atoms with van der Waals surface area (Å²) in [4.78, 5) is 33.3. The van der Waals surface area contributed by atoms with E-state index in [1.165, 1.54) is 22.9 Å². The second kappa shape index (κ2) is 8.83. The van der Waals surface area contributed by atoms with E-state index in [1.54, 1.807) is 6.07 Å². The third-order valence-electron chi connectivity index (χ3n) is 4.89. The van der Waals surface area contributed by atoms with Crippen LogP contribution in [0.3, 0.4) is 0 Å². The van der Waals surface area contributed by atoms with E-state index >= 15 is 0 Å². The van der Waals surface area contributed by atoms with Gasteiger partial charge in [-0.15, -0.1) is 0 Å². The number of aliphatic hydroxyl groups is 3. The number of nitro groups is 1. The van der Waals surface area contributed by atoms with Crippen molar-refractivity contribution in [2.24, 2.45) is 5.10 Å². The molecule has 15 nitrogen and oxygen atoms in total. The Kier molecular flexibility index (Phi) is 6.09. The molecule has 1 aliphatic heterocycles. The Labute approximate surface area is 191 Å². The Hall–Kier alpha value is -3.44. The Morgan fingerprint density at radius 2 is 2.15 bits per heavy atom. The van der Waals surface area contributed by atoms with Gasteiger partial charge in [-0.1, -0.05) is 6.07 Å². The van der Waals surface area contributed by atoms with Gasteiger partial charge < -0.3 is 25.8 Å². The van der Waals surface area contributed by atoms with Gasteiger partial charge in [-0.3, -0.25) is 24.5 Å². The van der Waals surface area contributed by atoms with E-state index in [9.17, 15) is 30.2 Å². The molecular weight excluding hydrogens is 508 g/mol. The minimum absolute atomic E-state index is 0.0666. The van der Waals surface area contributed by atoms with Crippen LogP contribution in [-0.4, -0.2) is 70.9 Å². The van der Waals surface area contributed by atoms with Gasteiger partial charge >= 0.3 is 0 Å². The predicted molar refractivity (Wildman–Crippen MR) is 118 cm³/mol. The predicted octanol–water partition coefficient (Wildman–Crippen LogP) is -0.570. The number of hydrazone groups is 1. The van der Waals surface area contributed by atoms with E-state index in [1.807, 2.05) is 0 Å². The summed E-state index contributed by atoms with van der Waals surface area (Å²) in [6.45, 7) is -0.569. The molecule has 0 bridgehead atoms. The molecule has 0 radical (unpaired) electrons. The number of fused-ring (bicyclic) bond motifs is 1. The number of nitrogens with one attached hydrogen (secondary N) is 2. The number of halogens is 1. The lowest BCUT2D eigenvalue weighted by Gasteiger charge is -2.18. The topological polar surface area (TPSA) is 227 Å². The molecule has 1 saturated heterocycles. The van der Waals surface area contributed by atoms with Gasteiger partial charge in [0.25, 0.3) is 11.2 Å². The summed E-state index contributed by atoms with van der Waals surface area (Å²) in [7, 11) is 0. The number of aromatic nitrogens is 4. The molecule has 0 aliphatic carbocycles. The molecule has 3 heterocycles. The van der Waals surface area contributed by atoms with Gasteiger partial charge in [-0.05, 0) is 22.0 Å². The van der Waals surface area contributed by atoms with Crippen LogP contribution in [0.5, 0.6) is 0 Å². The SMILES string of the molecule is Nc1nc2c(nc(N/N=C/c3ccc(Br)c([N+](=O)[O-])c3)n2[C@@H]2O[C@@H](CO)[C@@H](O)[C@@H]2O)c(=O)[nH]1. The lowest BCUT2D eigenvalue weighted by Crippen LogP contribution is -2.33. The molecule has 3 aromatic rings. The van der Waals surface area contributed by atoms with Crippen molar-refractivity contribution in [2.45, 2.75) is 24.5 Å². The third kappa shape index (κ3) is 4.16. The van der Waals surface area contributed by atoms with Gasteiger partial charge in [0.15, 0.2) is 17.4 Å². The van der Waals surface area contributed by atoms with Gasteiger partial charge in [-0.25, -0.2) is 10.4 Å². The Morgan fingerprint density at radius 1 is 1.39 bits per heavy atom. The van der Waals surface area contributed by atoms with Gasteiger partial charge in [0.1, 0.15) is 18.3 Å². The number of rotatable bonds is 6. The maximum absolute atomic E-state index is 12.3. The van der Waals surface area contributed by atoms with E-state index in [2.05, 4.69) is 41.4 Å². The Morgan fingerprint density at radius 3 is 2.82 bits per heavy atom. The molecule has 1 fully saturated rings. The molecular formula is C17H17BrN8O7. The van der Waals surface area contributed by atoms with Crippen LogP contribution in [0.1, 0.15) is 11.8 Å². The number of imidazole rings is 1. The molecule has 0 amide bonds. The summed E-state index contributed by atoms with van der Waals surface area (Å²) < 4.78 is 7.01. The lowest BCUT2D eigenvalue weighted by atomic mass is 10.1. The zero-order valence-corrected chi connectivity index (χ0v) is 18.1. The molecule has 1 aliphatic rings. The fourth-order valence-corrected chi connectivity index (χ4v) is 3.72. The van der Waals surface area contributed by atoms with E-state index in [4.69, 9.17) is 10.5 Å². The van der Waals surface area contributed by atoms with Crippen LogP contribution >= 0.6 is 15.9 Å². The highest BCUT2D eigenvalue weighted by molar-refractivity contribution is 9.10. The van der Waals surface area contributed by atoms with Crippen LogP contribution in [0.25, 0.3) is 11.2 Å². The van der Waals surface area contributed by atoms with E-state index < -0.39 is 41.6 Å². The molecule has 33 heavy (non-hydrogen) atoms. The van der Waals surface area contributed by atoms with Crippen molar-refractivity contribution in [2.75, 3.05) is 17.8 Å². The molecule has 4 rings (SSSR count). The van der Waals surface area contributed by atoms with Crippen molar-refractivity contribution in [3.05, 3.63) is 48.7 Å². The van der Waals surface area contributed by atoms with Crippen LogP contribution in [0.15, 0.2) is 32.6 Å². The highest BCUT2D eigenvalue weighted by Crippen LogP contribution is 2.34. The average Bonchev–Trinajstić information content (AvgIpc) is 3.26. The maximum Gasteiger partial charge on any atom is 0.284 e. The molecule has 174 valence electrons. The number of benzene rings is 1. The fourth-order valence-electron chi connectivity index (χ4n) is 3.33. The highest BCUT2D eigenvalue weighted by atomic mass is 79.9. The molecule has 16 heteroatoms. The van der Waals surface area contributed by atoms with Gasteiger partial charge in [0.05, 0.1) is 22.2 Å². The number of hydrogen-bond donors (Lipinski definition) is 6. The van der Waals surface area contributed by atoms with Crippen LogP contribution in [-0.2, 0) is 4.74 Å². The van der Waals surface area contributed by atoms with Gasteiger partial charge in [-0.2, -0.15) is 10.1 Å². The second-order valence-corrected chi connectivity index (χ2v) is 7.85. The summed E-state index contributed by atoms with van der Waals surface area (Å²) in [5.41, 5.74) is 7.54. The number of nitro benzene ring substituents is 1. The van der Waals surface area contributed by atoms with Crippen molar-refractivity contribution in [1.29, 1.82) is 0 Å². The minimum atomic E-state index is -1.50. The summed E-state index contributed by atoms with van der Waals surface area (Å²) in [6, 6.07) is 4.35. The molecule has 1 aromatic carbocycles. The Balaban J connectivity index is 1.74. The first-order chi connectivity index (χ1) is 15.7. The summed E-state index contributed by atoms with van der Waals surface area (Å²) in [6.07, 6.45) is -4.03. The zero-order chi connectivity index (χ0) is 23.9. The summed E-state index contributed by atoms with van der Waals surface area (Å²) in [5.74, 6) is -0.330. The van der Waals surface area contributed by atoms with Crippen molar-refractivity contribution in [3.8, 4) is 0 Å². The monoisotopic (exact) mass is 524 g/mol. The van der Waals surface area contributed by atoms with E-state index in [0.717, 1.165) is 0 Å². The largest absolute Gasteiger partial charge is 0.394 e. The normalized spacial score (nSPS) is 22.9.